The summed E-state index contributed by atoms with van der Waals surface area (Å²) in [5.74, 6) is -1.54. The smallest absolute Gasteiger partial charge is 0.183 e. The summed E-state index contributed by atoms with van der Waals surface area (Å²) >= 11 is 0. The van der Waals surface area contributed by atoms with Crippen molar-refractivity contribution in [3.05, 3.63) is 59.2 Å². The third kappa shape index (κ3) is 2.69. The summed E-state index contributed by atoms with van der Waals surface area (Å²) in [7, 11) is 1.54. The number of nitrogens with zero attached hydrogens (tertiary/aromatic N) is 1. The van der Waals surface area contributed by atoms with Crippen LogP contribution in [0.1, 0.15) is 11.1 Å². The number of halogens is 2. The minimum absolute atomic E-state index is 0.00686. The Hall–Kier alpha value is -2.61. The van der Waals surface area contributed by atoms with Crippen LogP contribution in [0.2, 0.25) is 0 Å². The number of hydrogen-bond donors (Lipinski definition) is 1. The SMILES string of the molecule is COc1ccccc1CNc1ccc(C#N)c(F)c1F. The number of methoxy groups -OCH3 is 1. The first-order chi connectivity index (χ1) is 9.67. The van der Waals surface area contributed by atoms with Crippen molar-refractivity contribution in [3.8, 4) is 11.8 Å². The normalized spacial score (nSPS) is 9.90. The topological polar surface area (TPSA) is 45.0 Å². The van der Waals surface area contributed by atoms with Gasteiger partial charge < -0.3 is 10.1 Å². The van der Waals surface area contributed by atoms with Gasteiger partial charge >= 0.3 is 0 Å². The lowest BCUT2D eigenvalue weighted by atomic mass is 10.1. The highest BCUT2D eigenvalue weighted by Crippen LogP contribution is 2.23. The van der Waals surface area contributed by atoms with Crippen molar-refractivity contribution >= 4 is 5.69 Å². The van der Waals surface area contributed by atoms with Gasteiger partial charge in [-0.25, -0.2) is 8.78 Å². The molecule has 2 aromatic carbocycles. The maximum atomic E-state index is 13.7. The van der Waals surface area contributed by atoms with Crippen molar-refractivity contribution in [2.24, 2.45) is 0 Å². The summed E-state index contributed by atoms with van der Waals surface area (Å²) in [5, 5.41) is 11.4. The van der Waals surface area contributed by atoms with Gasteiger partial charge in [0.2, 0.25) is 0 Å². The van der Waals surface area contributed by atoms with Crippen molar-refractivity contribution in [1.82, 2.24) is 0 Å². The van der Waals surface area contributed by atoms with Crippen LogP contribution in [0.3, 0.4) is 0 Å². The number of anilines is 1. The summed E-state index contributed by atoms with van der Waals surface area (Å²) in [6, 6.07) is 11.4. The van der Waals surface area contributed by atoms with Crippen LogP contribution in [0.4, 0.5) is 14.5 Å². The van der Waals surface area contributed by atoms with Crippen molar-refractivity contribution in [1.29, 1.82) is 5.26 Å². The molecule has 0 aliphatic heterocycles. The molecule has 5 heteroatoms. The molecular weight excluding hydrogens is 262 g/mol. The molecule has 0 heterocycles. The van der Waals surface area contributed by atoms with Crippen molar-refractivity contribution in [2.75, 3.05) is 12.4 Å². The number of para-hydroxylation sites is 1. The fourth-order valence-corrected chi connectivity index (χ4v) is 1.81. The lowest BCUT2D eigenvalue weighted by Gasteiger charge is -2.11. The Morgan fingerprint density at radius 3 is 2.60 bits per heavy atom. The first-order valence-electron chi connectivity index (χ1n) is 5.91. The monoisotopic (exact) mass is 274 g/mol. The fraction of sp³-hybridized carbons (Fsp3) is 0.133. The molecule has 0 saturated heterocycles. The molecule has 0 aliphatic rings. The molecule has 0 spiro atoms. The number of rotatable bonds is 4. The summed E-state index contributed by atoms with van der Waals surface area (Å²) in [4.78, 5) is 0. The maximum Gasteiger partial charge on any atom is 0.183 e. The van der Waals surface area contributed by atoms with Gasteiger partial charge in [0.15, 0.2) is 11.6 Å². The van der Waals surface area contributed by atoms with Crippen molar-refractivity contribution < 1.29 is 13.5 Å². The predicted molar refractivity (Wildman–Crippen MR) is 71.4 cm³/mol. The standard InChI is InChI=1S/C15H12F2N2O/c1-20-13-5-3-2-4-11(13)9-19-12-7-6-10(8-18)14(16)15(12)17/h2-7,19H,9H2,1H3. The summed E-state index contributed by atoms with van der Waals surface area (Å²) in [6.45, 7) is 0.284. The van der Waals surface area contributed by atoms with Crippen LogP contribution in [0.5, 0.6) is 5.75 Å². The molecule has 0 radical (unpaired) electrons. The molecule has 20 heavy (non-hydrogen) atoms. The van der Waals surface area contributed by atoms with E-state index < -0.39 is 11.6 Å². The van der Waals surface area contributed by atoms with Gasteiger partial charge in [0, 0.05) is 12.1 Å². The van der Waals surface area contributed by atoms with Gasteiger partial charge in [-0.3, -0.25) is 0 Å². The minimum Gasteiger partial charge on any atom is -0.496 e. The lowest BCUT2D eigenvalue weighted by Crippen LogP contribution is -2.05. The minimum atomic E-state index is -1.14. The van der Waals surface area contributed by atoms with Crippen molar-refractivity contribution in [2.45, 2.75) is 6.54 Å². The van der Waals surface area contributed by atoms with Gasteiger partial charge in [-0.2, -0.15) is 5.26 Å². The zero-order valence-corrected chi connectivity index (χ0v) is 10.8. The van der Waals surface area contributed by atoms with Crippen LogP contribution in [-0.2, 0) is 6.54 Å². The molecule has 1 N–H and O–H groups in total. The van der Waals surface area contributed by atoms with E-state index in [0.717, 1.165) is 5.56 Å². The number of hydrogen-bond acceptors (Lipinski definition) is 3. The first kappa shape index (κ1) is 13.8. The van der Waals surface area contributed by atoms with Crippen LogP contribution in [0, 0.1) is 23.0 Å². The molecule has 0 unspecified atom stereocenters. The van der Waals surface area contributed by atoms with Gasteiger partial charge in [-0.15, -0.1) is 0 Å². The highest BCUT2D eigenvalue weighted by molar-refractivity contribution is 5.50. The zero-order chi connectivity index (χ0) is 14.5. The molecule has 0 aliphatic carbocycles. The molecule has 102 valence electrons. The van der Waals surface area contributed by atoms with E-state index in [2.05, 4.69) is 5.32 Å². The Morgan fingerprint density at radius 2 is 1.90 bits per heavy atom. The number of nitriles is 1. The number of nitrogens with one attached hydrogen (secondary N) is 1. The third-order valence-electron chi connectivity index (χ3n) is 2.86. The van der Waals surface area contributed by atoms with E-state index in [1.54, 1.807) is 19.2 Å². The second-order valence-corrected chi connectivity index (χ2v) is 4.07. The average molecular weight is 274 g/mol. The van der Waals surface area contributed by atoms with Crippen LogP contribution < -0.4 is 10.1 Å². The van der Waals surface area contributed by atoms with Crippen molar-refractivity contribution in [3.63, 3.8) is 0 Å². The van der Waals surface area contributed by atoms with Crippen LogP contribution >= 0.6 is 0 Å². The van der Waals surface area contributed by atoms with Crippen LogP contribution in [0.25, 0.3) is 0 Å². The molecule has 2 rings (SSSR count). The largest absolute Gasteiger partial charge is 0.496 e. The molecule has 0 amide bonds. The quantitative estimate of drug-likeness (QED) is 0.928. The second kappa shape index (κ2) is 6.02. The average Bonchev–Trinajstić information content (AvgIpc) is 2.49. The Bertz CT molecular complexity index is 665. The van der Waals surface area contributed by atoms with E-state index in [9.17, 15) is 8.78 Å². The first-order valence-corrected chi connectivity index (χ1v) is 5.91. The Morgan fingerprint density at radius 1 is 1.15 bits per heavy atom. The van der Waals surface area contributed by atoms with Gasteiger partial charge in [0.25, 0.3) is 0 Å². The van der Waals surface area contributed by atoms with Crippen LogP contribution in [-0.4, -0.2) is 7.11 Å². The predicted octanol–water partition coefficient (Wildman–Crippen LogP) is 3.46. The molecule has 0 saturated carbocycles. The lowest BCUT2D eigenvalue weighted by molar-refractivity contribution is 0.410. The summed E-state index contributed by atoms with van der Waals surface area (Å²) in [5.41, 5.74) is 0.511. The highest BCUT2D eigenvalue weighted by Gasteiger charge is 2.13. The van der Waals surface area contributed by atoms with Gasteiger partial charge in [-0.1, -0.05) is 18.2 Å². The Balaban J connectivity index is 2.20. The van der Waals surface area contributed by atoms with Crippen LogP contribution in [0.15, 0.2) is 36.4 Å². The number of benzene rings is 2. The highest BCUT2D eigenvalue weighted by atomic mass is 19.2. The van der Waals surface area contributed by atoms with E-state index in [1.165, 1.54) is 12.1 Å². The van der Waals surface area contributed by atoms with E-state index in [4.69, 9.17) is 10.00 Å². The Kier molecular flexibility index (Phi) is 4.16. The molecule has 0 aromatic heterocycles. The molecule has 2 aromatic rings. The molecule has 0 bridgehead atoms. The summed E-state index contributed by atoms with van der Waals surface area (Å²) in [6.07, 6.45) is 0. The second-order valence-electron chi connectivity index (χ2n) is 4.07. The third-order valence-corrected chi connectivity index (χ3v) is 2.86. The van der Waals surface area contributed by atoms with E-state index in [1.807, 2.05) is 18.2 Å². The number of ether oxygens (including phenoxy) is 1. The maximum absolute atomic E-state index is 13.7. The van der Waals surface area contributed by atoms with Gasteiger partial charge in [0.1, 0.15) is 11.8 Å². The van der Waals surface area contributed by atoms with Gasteiger partial charge in [0.05, 0.1) is 18.4 Å². The molecular formula is C15H12F2N2O. The van der Waals surface area contributed by atoms with Gasteiger partial charge in [-0.05, 0) is 18.2 Å². The zero-order valence-electron chi connectivity index (χ0n) is 10.8. The summed E-state index contributed by atoms with van der Waals surface area (Å²) < 4.78 is 32.4. The molecule has 0 fully saturated rings. The van der Waals surface area contributed by atoms with E-state index in [0.29, 0.717) is 5.75 Å². The molecule has 0 atom stereocenters. The molecule has 3 nitrogen and oxygen atoms in total. The van der Waals surface area contributed by atoms with E-state index in [-0.39, 0.29) is 17.8 Å². The van der Waals surface area contributed by atoms with E-state index >= 15 is 0 Å². The Labute approximate surface area is 115 Å². The fourth-order valence-electron chi connectivity index (χ4n) is 1.81.